The summed E-state index contributed by atoms with van der Waals surface area (Å²) in [6.07, 6.45) is 3.23. The maximum absolute atomic E-state index is 13.0. The third kappa shape index (κ3) is 2.83. The van der Waals surface area contributed by atoms with Gasteiger partial charge in [0.05, 0.1) is 5.56 Å². The first-order valence-corrected chi connectivity index (χ1v) is 4.36. The summed E-state index contributed by atoms with van der Waals surface area (Å²) in [6.45, 7) is 3.81. The van der Waals surface area contributed by atoms with Crippen LogP contribution in [0.4, 0.5) is 8.78 Å². The van der Waals surface area contributed by atoms with E-state index in [0.29, 0.717) is 13.0 Å². The molecule has 5 heteroatoms. The minimum atomic E-state index is -1.27. The van der Waals surface area contributed by atoms with E-state index in [1.54, 1.807) is 6.08 Å². The number of aromatic nitrogens is 1. The average molecular weight is 212 g/mol. The van der Waals surface area contributed by atoms with Gasteiger partial charge in [0, 0.05) is 12.7 Å². The highest BCUT2D eigenvalue weighted by molar-refractivity contribution is 5.94. The Morgan fingerprint density at radius 1 is 1.60 bits per heavy atom. The van der Waals surface area contributed by atoms with Crippen LogP contribution in [0.25, 0.3) is 0 Å². The summed E-state index contributed by atoms with van der Waals surface area (Å²) < 4.78 is 25.7. The van der Waals surface area contributed by atoms with Gasteiger partial charge < -0.3 is 5.32 Å². The van der Waals surface area contributed by atoms with E-state index >= 15 is 0 Å². The SMILES string of the molecule is C=CCCNC(=O)c1ccnc(F)c1F. The first kappa shape index (κ1) is 11.3. The van der Waals surface area contributed by atoms with E-state index in [1.165, 1.54) is 0 Å². The molecule has 1 amide bonds. The van der Waals surface area contributed by atoms with Crippen molar-refractivity contribution < 1.29 is 13.6 Å². The van der Waals surface area contributed by atoms with E-state index in [4.69, 9.17) is 0 Å². The Balaban J connectivity index is 2.73. The summed E-state index contributed by atoms with van der Waals surface area (Å²) in [5, 5.41) is 2.42. The van der Waals surface area contributed by atoms with Gasteiger partial charge in [0.2, 0.25) is 5.95 Å². The molecule has 0 bridgehead atoms. The summed E-state index contributed by atoms with van der Waals surface area (Å²) >= 11 is 0. The van der Waals surface area contributed by atoms with Gasteiger partial charge in [0.15, 0.2) is 5.82 Å². The molecule has 1 heterocycles. The first-order chi connectivity index (χ1) is 7.16. The second-order valence-electron chi connectivity index (χ2n) is 2.80. The van der Waals surface area contributed by atoms with Gasteiger partial charge in [-0.05, 0) is 12.5 Å². The second kappa shape index (κ2) is 5.19. The highest BCUT2D eigenvalue weighted by Crippen LogP contribution is 2.08. The zero-order valence-corrected chi connectivity index (χ0v) is 7.96. The maximum Gasteiger partial charge on any atom is 0.254 e. The smallest absolute Gasteiger partial charge is 0.254 e. The molecule has 0 aliphatic heterocycles. The van der Waals surface area contributed by atoms with Crippen molar-refractivity contribution in [1.29, 1.82) is 0 Å². The Kier molecular flexibility index (Phi) is 3.91. The lowest BCUT2D eigenvalue weighted by Crippen LogP contribution is -2.25. The van der Waals surface area contributed by atoms with Gasteiger partial charge in [-0.25, -0.2) is 9.37 Å². The standard InChI is InChI=1S/C10H10F2N2O/c1-2-3-5-14-10(15)7-4-6-13-9(12)8(7)11/h2,4,6H,1,3,5H2,(H,14,15). The fourth-order valence-electron chi connectivity index (χ4n) is 0.977. The van der Waals surface area contributed by atoms with Crippen LogP contribution < -0.4 is 5.32 Å². The number of hydrogen-bond donors (Lipinski definition) is 1. The van der Waals surface area contributed by atoms with Crippen molar-refractivity contribution in [3.8, 4) is 0 Å². The molecule has 15 heavy (non-hydrogen) atoms. The van der Waals surface area contributed by atoms with Gasteiger partial charge in [0.25, 0.3) is 5.91 Å². The Morgan fingerprint density at radius 3 is 3.00 bits per heavy atom. The molecule has 1 rings (SSSR count). The van der Waals surface area contributed by atoms with Crippen LogP contribution in [0.2, 0.25) is 0 Å². The van der Waals surface area contributed by atoms with E-state index in [2.05, 4.69) is 16.9 Å². The fraction of sp³-hybridized carbons (Fsp3) is 0.200. The monoisotopic (exact) mass is 212 g/mol. The predicted octanol–water partition coefficient (Wildman–Crippen LogP) is 1.67. The summed E-state index contributed by atoms with van der Waals surface area (Å²) in [7, 11) is 0. The molecule has 0 fully saturated rings. The van der Waals surface area contributed by atoms with E-state index in [9.17, 15) is 13.6 Å². The number of carbonyl (C=O) groups is 1. The molecule has 1 aromatic rings. The molecular formula is C10H10F2N2O. The molecule has 0 saturated carbocycles. The third-order valence-electron chi connectivity index (χ3n) is 1.73. The van der Waals surface area contributed by atoms with Crippen molar-refractivity contribution in [3.63, 3.8) is 0 Å². The molecule has 0 aromatic carbocycles. The second-order valence-corrected chi connectivity index (χ2v) is 2.80. The van der Waals surface area contributed by atoms with E-state index in [0.717, 1.165) is 12.3 Å². The summed E-state index contributed by atoms with van der Waals surface area (Å²) in [4.78, 5) is 14.4. The Morgan fingerprint density at radius 2 is 2.33 bits per heavy atom. The van der Waals surface area contributed by atoms with E-state index in [1.807, 2.05) is 0 Å². The Bertz CT molecular complexity index is 380. The molecule has 0 aliphatic rings. The highest BCUT2D eigenvalue weighted by Gasteiger charge is 2.14. The fourth-order valence-corrected chi connectivity index (χ4v) is 0.977. The number of rotatable bonds is 4. The minimum Gasteiger partial charge on any atom is -0.352 e. The zero-order valence-electron chi connectivity index (χ0n) is 7.96. The quantitative estimate of drug-likeness (QED) is 0.468. The number of pyridine rings is 1. The molecular weight excluding hydrogens is 202 g/mol. The molecule has 0 aliphatic carbocycles. The van der Waals surface area contributed by atoms with Crippen molar-refractivity contribution in [3.05, 3.63) is 42.2 Å². The van der Waals surface area contributed by atoms with Gasteiger partial charge in [0.1, 0.15) is 0 Å². The van der Waals surface area contributed by atoms with Crippen LogP contribution in [-0.2, 0) is 0 Å². The molecule has 0 spiro atoms. The van der Waals surface area contributed by atoms with Crippen LogP contribution >= 0.6 is 0 Å². The molecule has 0 radical (unpaired) electrons. The largest absolute Gasteiger partial charge is 0.352 e. The molecule has 0 atom stereocenters. The molecule has 1 aromatic heterocycles. The summed E-state index contributed by atoms with van der Waals surface area (Å²) in [5.74, 6) is -3.16. The summed E-state index contributed by atoms with van der Waals surface area (Å²) in [5.41, 5.74) is -0.341. The van der Waals surface area contributed by atoms with E-state index in [-0.39, 0.29) is 5.56 Å². The molecule has 0 saturated heterocycles. The Hall–Kier alpha value is -1.78. The van der Waals surface area contributed by atoms with Crippen LogP contribution in [0.5, 0.6) is 0 Å². The van der Waals surface area contributed by atoms with Crippen molar-refractivity contribution in [2.45, 2.75) is 6.42 Å². The number of nitrogens with one attached hydrogen (secondary N) is 1. The van der Waals surface area contributed by atoms with Gasteiger partial charge >= 0.3 is 0 Å². The number of halogens is 2. The molecule has 1 N–H and O–H groups in total. The molecule has 80 valence electrons. The maximum atomic E-state index is 13.0. The molecule has 3 nitrogen and oxygen atoms in total. The lowest BCUT2D eigenvalue weighted by atomic mass is 10.2. The normalized spacial score (nSPS) is 9.73. The van der Waals surface area contributed by atoms with Gasteiger partial charge in [-0.1, -0.05) is 6.08 Å². The van der Waals surface area contributed by atoms with Crippen molar-refractivity contribution in [2.75, 3.05) is 6.54 Å². The van der Waals surface area contributed by atoms with E-state index < -0.39 is 17.7 Å². The van der Waals surface area contributed by atoms with Crippen molar-refractivity contribution >= 4 is 5.91 Å². The van der Waals surface area contributed by atoms with Crippen molar-refractivity contribution in [2.24, 2.45) is 0 Å². The summed E-state index contributed by atoms with van der Waals surface area (Å²) in [6, 6.07) is 1.13. The van der Waals surface area contributed by atoms with Crippen LogP contribution in [0.3, 0.4) is 0 Å². The first-order valence-electron chi connectivity index (χ1n) is 4.36. The number of amides is 1. The average Bonchev–Trinajstić information content (AvgIpc) is 2.22. The third-order valence-corrected chi connectivity index (χ3v) is 1.73. The minimum absolute atomic E-state index is 0.339. The van der Waals surface area contributed by atoms with Crippen molar-refractivity contribution in [1.82, 2.24) is 10.3 Å². The predicted molar refractivity (Wildman–Crippen MR) is 51.3 cm³/mol. The van der Waals surface area contributed by atoms with Crippen LogP contribution in [0.15, 0.2) is 24.9 Å². The lowest BCUT2D eigenvalue weighted by molar-refractivity contribution is 0.0949. The lowest BCUT2D eigenvalue weighted by Gasteiger charge is -2.04. The van der Waals surface area contributed by atoms with Gasteiger partial charge in [-0.2, -0.15) is 4.39 Å². The van der Waals surface area contributed by atoms with Crippen LogP contribution in [-0.4, -0.2) is 17.4 Å². The number of hydrogen-bond acceptors (Lipinski definition) is 2. The van der Waals surface area contributed by atoms with Gasteiger partial charge in [-0.15, -0.1) is 6.58 Å². The van der Waals surface area contributed by atoms with Crippen LogP contribution in [0, 0.1) is 11.8 Å². The number of carbonyl (C=O) groups excluding carboxylic acids is 1. The highest BCUT2D eigenvalue weighted by atomic mass is 19.2. The topological polar surface area (TPSA) is 42.0 Å². The van der Waals surface area contributed by atoms with Crippen LogP contribution in [0.1, 0.15) is 16.8 Å². The Labute approximate surface area is 85.8 Å². The van der Waals surface area contributed by atoms with Gasteiger partial charge in [-0.3, -0.25) is 4.79 Å². The molecule has 0 unspecified atom stereocenters. The number of nitrogens with zero attached hydrogens (tertiary/aromatic N) is 1. The zero-order chi connectivity index (χ0) is 11.3.